The first-order chi connectivity index (χ1) is 18.4. The van der Waals surface area contributed by atoms with Gasteiger partial charge in [0.2, 0.25) is 0 Å². The van der Waals surface area contributed by atoms with Gasteiger partial charge in [0.25, 0.3) is 0 Å². The molecule has 0 saturated heterocycles. The van der Waals surface area contributed by atoms with E-state index in [9.17, 15) is 0 Å². The molecule has 1 aliphatic rings. The second-order valence-electron chi connectivity index (χ2n) is 9.33. The largest absolute Gasteiger partial charge is 0.496 e. The summed E-state index contributed by atoms with van der Waals surface area (Å²) in [6.07, 6.45) is 4.09. The zero-order valence-corrected chi connectivity index (χ0v) is 22.3. The Morgan fingerprint density at radius 1 is 1.24 bits per heavy atom. The third kappa shape index (κ3) is 5.07. The van der Waals surface area contributed by atoms with Crippen LogP contribution in [0, 0.1) is 19.8 Å². The fourth-order valence-corrected chi connectivity index (χ4v) is 4.53. The lowest BCUT2D eigenvalue weighted by molar-refractivity contribution is 0.0588. The summed E-state index contributed by atoms with van der Waals surface area (Å²) in [6.45, 7) is 4.96. The summed E-state index contributed by atoms with van der Waals surface area (Å²) in [4.78, 5) is 17.4. The number of fused-ring (bicyclic) bond motifs is 3. The summed E-state index contributed by atoms with van der Waals surface area (Å²) in [5.41, 5.74) is 11.2. The number of benzene rings is 1. The van der Waals surface area contributed by atoms with Crippen LogP contribution in [0.4, 0.5) is 5.82 Å². The number of aromatic amines is 1. The van der Waals surface area contributed by atoms with Gasteiger partial charge in [-0.1, -0.05) is 5.16 Å². The number of anilines is 1. The number of rotatable bonds is 10. The van der Waals surface area contributed by atoms with Gasteiger partial charge in [0, 0.05) is 36.3 Å². The molecule has 0 bridgehead atoms. The molecule has 1 aliphatic carbocycles. The van der Waals surface area contributed by atoms with E-state index < -0.39 is 0 Å². The fourth-order valence-electron chi connectivity index (χ4n) is 4.53. The van der Waals surface area contributed by atoms with E-state index in [0.717, 1.165) is 57.4 Å². The summed E-state index contributed by atoms with van der Waals surface area (Å²) in [7, 11) is 5.01. The molecule has 0 unspecified atom stereocenters. The van der Waals surface area contributed by atoms with Crippen LogP contribution in [0.25, 0.3) is 33.1 Å². The molecular formula is C27H33N7O4. The molecule has 1 aromatic carbocycles. The van der Waals surface area contributed by atoms with Crippen LogP contribution in [0.2, 0.25) is 0 Å². The monoisotopic (exact) mass is 519 g/mol. The first-order valence-electron chi connectivity index (χ1n) is 12.5. The van der Waals surface area contributed by atoms with Gasteiger partial charge in [-0.3, -0.25) is 4.99 Å². The van der Waals surface area contributed by atoms with Crippen molar-refractivity contribution in [3.63, 3.8) is 0 Å². The number of hydrogen-bond donors (Lipinski definition) is 3. The molecule has 5 rings (SSSR count). The summed E-state index contributed by atoms with van der Waals surface area (Å²) < 4.78 is 22.0. The third-order valence-corrected chi connectivity index (χ3v) is 6.62. The summed E-state index contributed by atoms with van der Waals surface area (Å²) in [5, 5.41) is 9.20. The van der Waals surface area contributed by atoms with Gasteiger partial charge < -0.3 is 34.8 Å². The van der Waals surface area contributed by atoms with E-state index in [-0.39, 0.29) is 6.61 Å². The van der Waals surface area contributed by atoms with Crippen LogP contribution in [-0.2, 0) is 16.1 Å². The maximum Gasteiger partial charge on any atom is 0.158 e. The Bertz CT molecular complexity index is 1510. The molecular weight excluding hydrogens is 486 g/mol. The van der Waals surface area contributed by atoms with E-state index in [4.69, 9.17) is 34.4 Å². The highest BCUT2D eigenvalue weighted by Gasteiger charge is 2.25. The van der Waals surface area contributed by atoms with E-state index in [1.165, 1.54) is 0 Å². The van der Waals surface area contributed by atoms with Crippen molar-refractivity contribution in [1.82, 2.24) is 20.1 Å². The van der Waals surface area contributed by atoms with Crippen molar-refractivity contribution in [1.29, 1.82) is 0 Å². The van der Waals surface area contributed by atoms with Gasteiger partial charge in [0.05, 0.1) is 37.0 Å². The minimum Gasteiger partial charge on any atom is -0.496 e. The molecule has 3 heterocycles. The van der Waals surface area contributed by atoms with Crippen LogP contribution >= 0.6 is 0 Å². The van der Waals surface area contributed by atoms with Crippen LogP contribution in [-0.4, -0.2) is 60.4 Å². The van der Waals surface area contributed by atoms with Crippen molar-refractivity contribution in [3.05, 3.63) is 41.2 Å². The number of hydrogen-bond acceptors (Lipinski definition) is 9. The molecule has 4 N–H and O–H groups in total. The molecule has 1 saturated carbocycles. The Labute approximate surface area is 220 Å². The Kier molecular flexibility index (Phi) is 7.30. The molecule has 0 amide bonds. The number of amidine groups is 1. The van der Waals surface area contributed by atoms with Gasteiger partial charge in [-0.2, -0.15) is 0 Å². The molecule has 38 heavy (non-hydrogen) atoms. The lowest BCUT2D eigenvalue weighted by Gasteiger charge is -2.11. The molecule has 0 aliphatic heterocycles. The van der Waals surface area contributed by atoms with Gasteiger partial charge >= 0.3 is 0 Å². The average molecular weight is 520 g/mol. The molecule has 0 spiro atoms. The molecule has 0 radical (unpaired) electrons. The second kappa shape index (κ2) is 10.8. The van der Waals surface area contributed by atoms with Gasteiger partial charge in [0.15, 0.2) is 5.82 Å². The van der Waals surface area contributed by atoms with E-state index in [1.807, 2.05) is 32.1 Å². The van der Waals surface area contributed by atoms with E-state index in [0.29, 0.717) is 48.0 Å². The van der Waals surface area contributed by atoms with Crippen LogP contribution < -0.4 is 15.8 Å². The van der Waals surface area contributed by atoms with Crippen LogP contribution in [0.5, 0.6) is 5.75 Å². The van der Waals surface area contributed by atoms with Crippen molar-refractivity contribution in [2.45, 2.75) is 33.3 Å². The number of nitrogens with zero attached hydrogens (tertiary/aromatic N) is 4. The highest BCUT2D eigenvalue weighted by molar-refractivity contribution is 6.16. The molecule has 0 atom stereocenters. The summed E-state index contributed by atoms with van der Waals surface area (Å²) >= 11 is 0. The first-order valence-corrected chi connectivity index (χ1v) is 12.5. The highest BCUT2D eigenvalue weighted by Crippen LogP contribution is 2.40. The molecule has 200 valence electrons. The number of aromatic nitrogens is 4. The summed E-state index contributed by atoms with van der Waals surface area (Å²) in [5.74, 6) is 3.57. The third-order valence-electron chi connectivity index (χ3n) is 6.62. The van der Waals surface area contributed by atoms with Gasteiger partial charge in [-0.05, 0) is 50.8 Å². The molecule has 3 aromatic heterocycles. The van der Waals surface area contributed by atoms with Crippen molar-refractivity contribution in [3.8, 4) is 16.9 Å². The van der Waals surface area contributed by atoms with E-state index in [2.05, 4.69) is 20.4 Å². The van der Waals surface area contributed by atoms with Crippen molar-refractivity contribution in [2.24, 2.45) is 16.6 Å². The Morgan fingerprint density at radius 2 is 2.05 bits per heavy atom. The van der Waals surface area contributed by atoms with E-state index >= 15 is 0 Å². The number of allylic oxidation sites excluding steroid dienone is 1. The Morgan fingerprint density at radius 3 is 2.71 bits per heavy atom. The van der Waals surface area contributed by atoms with Crippen molar-refractivity contribution >= 4 is 33.6 Å². The Hall–Kier alpha value is -3.96. The standard InChI is InChI=1S/C27H33N7O4/c1-14-24(15(2)38-34-14)18-10-20-17(11-21(18)36-5)25-26(30-20)32-23(13-37-9-8-35-4)33-27(25)31-22(29-3)12-19(28)16-6-7-16/h10-12,16H,6-9,13,28H2,1-5H3,(H2,29,30,31,32,33). The number of nitrogens with two attached hydrogens (primary N) is 1. The highest BCUT2D eigenvalue weighted by atomic mass is 16.5. The topological polar surface area (TPSA) is 146 Å². The van der Waals surface area contributed by atoms with Gasteiger partial charge in [-0.15, -0.1) is 0 Å². The predicted molar refractivity (Wildman–Crippen MR) is 146 cm³/mol. The van der Waals surface area contributed by atoms with Crippen LogP contribution in [0.3, 0.4) is 0 Å². The lowest BCUT2D eigenvalue weighted by Crippen LogP contribution is -2.15. The number of methoxy groups -OCH3 is 2. The zero-order chi connectivity index (χ0) is 26.8. The zero-order valence-electron chi connectivity index (χ0n) is 22.3. The van der Waals surface area contributed by atoms with Crippen LogP contribution in [0.1, 0.15) is 30.1 Å². The van der Waals surface area contributed by atoms with Gasteiger partial charge in [0.1, 0.15) is 35.4 Å². The first kappa shape index (κ1) is 25.7. The smallest absolute Gasteiger partial charge is 0.158 e. The maximum atomic E-state index is 6.28. The molecule has 1 fully saturated rings. The predicted octanol–water partition coefficient (Wildman–Crippen LogP) is 4.25. The number of aryl methyl sites for hydroxylation is 2. The fraction of sp³-hybridized carbons (Fsp3) is 0.407. The number of H-pyrrole nitrogens is 1. The minimum atomic E-state index is 0.232. The van der Waals surface area contributed by atoms with E-state index in [1.54, 1.807) is 21.3 Å². The minimum absolute atomic E-state index is 0.232. The number of nitrogens with one attached hydrogen (secondary N) is 2. The number of aliphatic imine (C=N–C) groups is 1. The lowest BCUT2D eigenvalue weighted by atomic mass is 10.0. The molecule has 4 aromatic rings. The SMILES string of the molecule is CN=C(C=C(N)C1CC1)Nc1nc(COCCOC)nc2[nH]c3cc(-c4c(C)noc4C)c(OC)cc3c12. The molecule has 11 heteroatoms. The number of ether oxygens (including phenoxy) is 3. The van der Waals surface area contributed by atoms with Crippen LogP contribution in [0.15, 0.2) is 33.4 Å². The normalized spacial score (nSPS) is 14.6. The van der Waals surface area contributed by atoms with Crippen molar-refractivity contribution in [2.75, 3.05) is 39.8 Å². The molecule has 11 nitrogen and oxygen atoms in total. The Balaban J connectivity index is 1.64. The maximum absolute atomic E-state index is 6.28. The van der Waals surface area contributed by atoms with Gasteiger partial charge in [-0.25, -0.2) is 9.97 Å². The average Bonchev–Trinajstić information content (AvgIpc) is 3.63. The van der Waals surface area contributed by atoms with Crippen molar-refractivity contribution < 1.29 is 18.7 Å². The second-order valence-corrected chi connectivity index (χ2v) is 9.33. The quantitative estimate of drug-likeness (QED) is 0.159. The summed E-state index contributed by atoms with van der Waals surface area (Å²) in [6, 6.07) is 4.01.